The van der Waals surface area contributed by atoms with Crippen LogP contribution in [0.2, 0.25) is 0 Å². The number of hydrogen-bond donors (Lipinski definition) is 1. The molecule has 2 aliphatic heterocycles. The van der Waals surface area contributed by atoms with Crippen molar-refractivity contribution in [3.8, 4) is 0 Å². The maximum atomic E-state index is 12.7. The molecule has 0 atom stereocenters. The molecule has 0 bridgehead atoms. The minimum absolute atomic E-state index is 0.0307. The van der Waals surface area contributed by atoms with Crippen LogP contribution in [0.4, 0.5) is 0 Å². The molecule has 4 nitrogen and oxygen atoms in total. The molecule has 0 aromatic heterocycles. The van der Waals surface area contributed by atoms with Gasteiger partial charge in [0.1, 0.15) is 0 Å². The first-order valence-electron chi connectivity index (χ1n) is 8.66. The maximum Gasteiger partial charge on any atom is 0.215 e. The van der Waals surface area contributed by atoms with Crippen LogP contribution in [0.1, 0.15) is 37.8 Å². The molecule has 5 heteroatoms. The standard InChI is InChI=1S/C18H28N2O2S/c1-15(2)11-16-5-3-4-6-17(16)12-20-13-18(14-23(20,21)22)7-9-19-10-8-18/h3-6,15,19H,7-14H2,1-2H3. The third-order valence-electron chi connectivity index (χ3n) is 5.15. The Morgan fingerprint density at radius 3 is 2.48 bits per heavy atom. The van der Waals surface area contributed by atoms with Crippen molar-refractivity contribution in [2.75, 3.05) is 25.4 Å². The second-order valence-electron chi connectivity index (χ2n) is 7.64. The highest BCUT2D eigenvalue weighted by Crippen LogP contribution is 2.39. The van der Waals surface area contributed by atoms with Crippen molar-refractivity contribution < 1.29 is 8.42 Å². The summed E-state index contributed by atoms with van der Waals surface area (Å²) in [5, 5.41) is 3.35. The number of nitrogens with zero attached hydrogens (tertiary/aromatic N) is 1. The number of piperidine rings is 1. The summed E-state index contributed by atoms with van der Waals surface area (Å²) in [5.74, 6) is 0.899. The predicted octanol–water partition coefficient (Wildman–Crippen LogP) is 2.40. The van der Waals surface area contributed by atoms with Gasteiger partial charge in [0, 0.05) is 18.5 Å². The second-order valence-corrected chi connectivity index (χ2v) is 9.61. The molecule has 1 N–H and O–H groups in total. The molecule has 0 radical (unpaired) electrons. The normalized spacial score (nSPS) is 23.6. The molecular formula is C18H28N2O2S. The van der Waals surface area contributed by atoms with Crippen molar-refractivity contribution in [1.82, 2.24) is 9.62 Å². The first-order chi connectivity index (χ1) is 10.9. The van der Waals surface area contributed by atoms with Crippen LogP contribution in [-0.4, -0.2) is 38.1 Å². The molecule has 2 saturated heterocycles. The van der Waals surface area contributed by atoms with Crippen LogP contribution < -0.4 is 5.32 Å². The van der Waals surface area contributed by atoms with Crippen LogP contribution in [0, 0.1) is 11.3 Å². The molecular weight excluding hydrogens is 308 g/mol. The lowest BCUT2D eigenvalue weighted by Gasteiger charge is -2.32. The lowest BCUT2D eigenvalue weighted by molar-refractivity contribution is 0.209. The smallest absolute Gasteiger partial charge is 0.215 e. The summed E-state index contributed by atoms with van der Waals surface area (Å²) in [6.07, 6.45) is 2.94. The van der Waals surface area contributed by atoms with Gasteiger partial charge in [-0.15, -0.1) is 0 Å². The van der Waals surface area contributed by atoms with Gasteiger partial charge in [-0.1, -0.05) is 38.1 Å². The molecule has 23 heavy (non-hydrogen) atoms. The highest BCUT2D eigenvalue weighted by molar-refractivity contribution is 7.89. The predicted molar refractivity (Wildman–Crippen MR) is 93.7 cm³/mol. The molecule has 0 unspecified atom stereocenters. The van der Waals surface area contributed by atoms with Gasteiger partial charge in [-0.25, -0.2) is 8.42 Å². The molecule has 0 saturated carbocycles. The van der Waals surface area contributed by atoms with Crippen molar-refractivity contribution in [1.29, 1.82) is 0 Å². The molecule has 3 rings (SSSR count). The first kappa shape index (κ1) is 16.9. The van der Waals surface area contributed by atoms with E-state index in [0.29, 0.717) is 24.8 Å². The lowest BCUT2D eigenvalue weighted by atomic mass is 9.81. The summed E-state index contributed by atoms with van der Waals surface area (Å²) in [7, 11) is -3.13. The monoisotopic (exact) mass is 336 g/mol. The van der Waals surface area contributed by atoms with Gasteiger partial charge in [0.2, 0.25) is 10.0 Å². The van der Waals surface area contributed by atoms with Gasteiger partial charge in [0.15, 0.2) is 0 Å². The van der Waals surface area contributed by atoms with Crippen LogP contribution in [-0.2, 0) is 23.0 Å². The highest BCUT2D eigenvalue weighted by atomic mass is 32.2. The van der Waals surface area contributed by atoms with Crippen LogP contribution in [0.15, 0.2) is 24.3 Å². The van der Waals surface area contributed by atoms with E-state index < -0.39 is 10.0 Å². The number of sulfonamides is 1. The van der Waals surface area contributed by atoms with Gasteiger partial charge in [-0.05, 0) is 49.4 Å². The largest absolute Gasteiger partial charge is 0.317 e. The van der Waals surface area contributed by atoms with E-state index in [0.717, 1.165) is 37.9 Å². The average Bonchev–Trinajstić information content (AvgIpc) is 2.71. The van der Waals surface area contributed by atoms with Gasteiger partial charge < -0.3 is 5.32 Å². The Bertz CT molecular complexity index is 649. The molecule has 128 valence electrons. The molecule has 0 amide bonds. The van der Waals surface area contributed by atoms with E-state index in [-0.39, 0.29) is 5.41 Å². The highest BCUT2D eigenvalue weighted by Gasteiger charge is 2.47. The Labute approximate surface area is 140 Å². The van der Waals surface area contributed by atoms with Gasteiger partial charge >= 0.3 is 0 Å². The minimum Gasteiger partial charge on any atom is -0.317 e. The summed E-state index contributed by atoms with van der Waals surface area (Å²) in [4.78, 5) is 0. The first-order valence-corrected chi connectivity index (χ1v) is 10.3. The minimum atomic E-state index is -3.13. The fourth-order valence-corrected chi connectivity index (χ4v) is 6.09. The Morgan fingerprint density at radius 2 is 1.83 bits per heavy atom. The molecule has 1 aromatic rings. The topological polar surface area (TPSA) is 49.4 Å². The maximum absolute atomic E-state index is 12.7. The zero-order valence-corrected chi connectivity index (χ0v) is 15.0. The van der Waals surface area contributed by atoms with Crippen molar-refractivity contribution in [3.63, 3.8) is 0 Å². The Hall–Kier alpha value is -0.910. The molecule has 2 fully saturated rings. The summed E-state index contributed by atoms with van der Waals surface area (Å²) < 4.78 is 27.1. The Morgan fingerprint density at radius 1 is 1.17 bits per heavy atom. The summed E-state index contributed by atoms with van der Waals surface area (Å²) in [5.41, 5.74) is 2.41. The Kier molecular flexibility index (Phi) is 4.81. The summed E-state index contributed by atoms with van der Waals surface area (Å²) >= 11 is 0. The molecule has 2 heterocycles. The summed E-state index contributed by atoms with van der Waals surface area (Å²) in [6, 6.07) is 8.29. The second kappa shape index (κ2) is 6.54. The number of nitrogens with one attached hydrogen (secondary N) is 1. The van der Waals surface area contributed by atoms with Gasteiger partial charge in [0.25, 0.3) is 0 Å². The number of benzene rings is 1. The van der Waals surface area contributed by atoms with Gasteiger partial charge in [-0.3, -0.25) is 0 Å². The Balaban J connectivity index is 1.80. The van der Waals surface area contributed by atoms with Crippen molar-refractivity contribution >= 4 is 10.0 Å². The summed E-state index contributed by atoms with van der Waals surface area (Å²) in [6.45, 7) is 7.49. The average molecular weight is 337 g/mol. The van der Waals surface area contributed by atoms with E-state index in [1.54, 1.807) is 4.31 Å². The van der Waals surface area contributed by atoms with E-state index in [9.17, 15) is 8.42 Å². The van der Waals surface area contributed by atoms with Crippen LogP contribution in [0.3, 0.4) is 0 Å². The van der Waals surface area contributed by atoms with Crippen LogP contribution in [0.25, 0.3) is 0 Å². The van der Waals surface area contributed by atoms with Crippen LogP contribution >= 0.6 is 0 Å². The van der Waals surface area contributed by atoms with Crippen molar-refractivity contribution in [2.45, 2.75) is 39.7 Å². The quantitative estimate of drug-likeness (QED) is 0.918. The van der Waals surface area contributed by atoms with Crippen molar-refractivity contribution in [3.05, 3.63) is 35.4 Å². The van der Waals surface area contributed by atoms with Gasteiger partial charge in [-0.2, -0.15) is 4.31 Å². The van der Waals surface area contributed by atoms with E-state index >= 15 is 0 Å². The van der Waals surface area contributed by atoms with Gasteiger partial charge in [0.05, 0.1) is 5.75 Å². The SMILES string of the molecule is CC(C)Cc1ccccc1CN1CC2(CCNCC2)CS1(=O)=O. The fraction of sp³-hybridized carbons (Fsp3) is 0.667. The van der Waals surface area contributed by atoms with E-state index in [1.807, 2.05) is 12.1 Å². The molecule has 1 aromatic carbocycles. The van der Waals surface area contributed by atoms with E-state index in [2.05, 4.69) is 31.3 Å². The zero-order chi connectivity index (χ0) is 16.5. The lowest BCUT2D eigenvalue weighted by Crippen LogP contribution is -2.40. The molecule has 0 aliphatic carbocycles. The fourth-order valence-electron chi connectivity index (χ4n) is 3.95. The van der Waals surface area contributed by atoms with E-state index in [4.69, 9.17) is 0 Å². The third kappa shape index (κ3) is 3.78. The molecule has 1 spiro atoms. The van der Waals surface area contributed by atoms with Crippen molar-refractivity contribution in [2.24, 2.45) is 11.3 Å². The third-order valence-corrected chi connectivity index (χ3v) is 7.17. The number of rotatable bonds is 4. The van der Waals surface area contributed by atoms with Crippen LogP contribution in [0.5, 0.6) is 0 Å². The number of hydrogen-bond acceptors (Lipinski definition) is 3. The molecule has 2 aliphatic rings. The zero-order valence-electron chi connectivity index (χ0n) is 14.2. The van der Waals surface area contributed by atoms with E-state index in [1.165, 1.54) is 5.56 Å².